The molecule has 2 aliphatic rings. The third kappa shape index (κ3) is 5.71. The van der Waals surface area contributed by atoms with Crippen molar-refractivity contribution in [1.82, 2.24) is 5.32 Å². The van der Waals surface area contributed by atoms with E-state index in [2.05, 4.69) is 10.2 Å². The highest BCUT2D eigenvalue weighted by Crippen LogP contribution is 2.36. The molecule has 0 radical (unpaired) electrons. The number of anilines is 1. The zero-order chi connectivity index (χ0) is 21.4. The minimum Gasteiger partial charge on any atom is -0.371 e. The Morgan fingerprint density at radius 3 is 2.34 bits per heavy atom. The average molecular weight is 404 g/mol. The molecule has 1 heterocycles. The highest BCUT2D eigenvalue weighted by atomic mass is 16.6. The lowest BCUT2D eigenvalue weighted by Gasteiger charge is -2.26. The van der Waals surface area contributed by atoms with E-state index in [1.165, 1.54) is 12.5 Å². The van der Waals surface area contributed by atoms with E-state index in [0.29, 0.717) is 5.56 Å². The van der Waals surface area contributed by atoms with E-state index < -0.39 is 0 Å². The second-order valence-electron chi connectivity index (χ2n) is 8.00. The van der Waals surface area contributed by atoms with Crippen LogP contribution in [0.2, 0.25) is 0 Å². The number of carbonyl (C=O) groups is 1. The molecule has 3 rings (SSSR count). The van der Waals surface area contributed by atoms with Gasteiger partial charge in [0.25, 0.3) is 11.6 Å². The Morgan fingerprint density at radius 1 is 1.17 bits per heavy atom. The van der Waals surface area contributed by atoms with Crippen molar-refractivity contribution in [3.8, 4) is 0 Å². The summed E-state index contributed by atoms with van der Waals surface area (Å²) in [4.78, 5) is 26.6. The van der Waals surface area contributed by atoms with Gasteiger partial charge in [-0.15, -0.1) is 0 Å². The van der Waals surface area contributed by atoms with Crippen LogP contribution < -0.4 is 10.2 Å². The number of hydrogen-bond acceptors (Lipinski definition) is 4. The number of amides is 1. The van der Waals surface area contributed by atoms with Gasteiger partial charge in [0.15, 0.2) is 0 Å². The summed E-state index contributed by atoms with van der Waals surface area (Å²) in [6.07, 6.45) is 8.51. The lowest BCUT2D eigenvalue weighted by Crippen LogP contribution is -2.37. The maximum atomic E-state index is 13.1. The molecular weight excluding hydrogens is 366 g/mol. The topological polar surface area (TPSA) is 75.5 Å². The first-order valence-corrected chi connectivity index (χ1v) is 11.4. The largest absolute Gasteiger partial charge is 0.371 e. The minimum atomic E-state index is -0.341. The van der Waals surface area contributed by atoms with Crippen LogP contribution in [0.4, 0.5) is 11.4 Å². The maximum absolute atomic E-state index is 13.1. The van der Waals surface area contributed by atoms with Crippen molar-refractivity contribution in [3.63, 3.8) is 0 Å². The van der Waals surface area contributed by atoms with Gasteiger partial charge in [0.2, 0.25) is 0 Å². The molecule has 0 bridgehead atoms. The zero-order valence-electron chi connectivity index (χ0n) is 18.5. The molecular formula is C23H37N3O3. The predicted molar refractivity (Wildman–Crippen MR) is 119 cm³/mol. The van der Waals surface area contributed by atoms with Crippen LogP contribution in [0.3, 0.4) is 0 Å². The molecule has 1 N–H and O–H groups in total. The van der Waals surface area contributed by atoms with Crippen LogP contribution in [0, 0.1) is 10.1 Å². The molecule has 0 spiro atoms. The summed E-state index contributed by atoms with van der Waals surface area (Å²) in [6.45, 7) is 9.86. The number of nitro groups is 1. The Balaban J connectivity index is 0.00000145. The highest BCUT2D eigenvalue weighted by molar-refractivity contribution is 6.01. The molecule has 6 heteroatoms. The number of carbonyl (C=O) groups excluding carboxylic acids is 1. The fourth-order valence-electron chi connectivity index (χ4n) is 4.28. The quantitative estimate of drug-likeness (QED) is 0.481. The first-order chi connectivity index (χ1) is 14.0. The Bertz CT molecular complexity index is 693. The van der Waals surface area contributed by atoms with E-state index >= 15 is 0 Å². The van der Waals surface area contributed by atoms with Crippen molar-refractivity contribution in [2.45, 2.75) is 91.0 Å². The van der Waals surface area contributed by atoms with Gasteiger partial charge in [-0.25, -0.2) is 0 Å². The fourth-order valence-corrected chi connectivity index (χ4v) is 4.28. The van der Waals surface area contributed by atoms with E-state index in [4.69, 9.17) is 0 Å². The fraction of sp³-hybridized carbons (Fsp3) is 0.696. The molecule has 1 unspecified atom stereocenters. The van der Waals surface area contributed by atoms with Gasteiger partial charge in [-0.05, 0) is 44.1 Å². The number of nitrogens with zero attached hydrogens (tertiary/aromatic N) is 2. The summed E-state index contributed by atoms with van der Waals surface area (Å²) in [7, 11) is 0. The van der Waals surface area contributed by atoms with Crippen LogP contribution in [0.25, 0.3) is 0 Å². The Hall–Kier alpha value is -2.11. The summed E-state index contributed by atoms with van der Waals surface area (Å²) in [5.74, 6) is -0.0789. The number of hydrogen-bond donors (Lipinski definition) is 1. The highest BCUT2D eigenvalue weighted by Gasteiger charge is 2.28. The van der Waals surface area contributed by atoms with Gasteiger partial charge in [-0.2, -0.15) is 0 Å². The molecule has 1 aromatic carbocycles. The van der Waals surface area contributed by atoms with Crippen LogP contribution in [0.15, 0.2) is 12.1 Å². The van der Waals surface area contributed by atoms with Gasteiger partial charge >= 0.3 is 0 Å². The van der Waals surface area contributed by atoms with Gasteiger partial charge in [-0.3, -0.25) is 14.9 Å². The molecule has 1 saturated carbocycles. The molecule has 1 aliphatic carbocycles. The second-order valence-corrected chi connectivity index (χ2v) is 8.00. The van der Waals surface area contributed by atoms with E-state index in [-0.39, 0.29) is 28.5 Å². The smallest absolute Gasteiger partial charge is 0.273 e. The summed E-state index contributed by atoms with van der Waals surface area (Å²) in [5.41, 5.74) is 2.13. The standard InChI is InChI=1S/C21H31N3O3.C2H6/c1-3-15(2)17-13-19(23-11-7-8-12-23)18(14-20(17)24(26)27)21(25)22-16-9-5-4-6-10-16;1-2/h13-16H,3-12H2,1-2H3,(H,22,25);1-2H3. The van der Waals surface area contributed by atoms with Crippen LogP contribution in [0.5, 0.6) is 0 Å². The predicted octanol–water partition coefficient (Wildman–Crippen LogP) is 5.80. The van der Waals surface area contributed by atoms with E-state index in [1.54, 1.807) is 0 Å². The molecule has 1 aromatic rings. The summed E-state index contributed by atoms with van der Waals surface area (Å²) < 4.78 is 0. The molecule has 0 aromatic heterocycles. The van der Waals surface area contributed by atoms with Crippen LogP contribution in [-0.2, 0) is 0 Å². The van der Waals surface area contributed by atoms with Gasteiger partial charge in [0.1, 0.15) is 0 Å². The Morgan fingerprint density at radius 2 is 1.79 bits per heavy atom. The van der Waals surface area contributed by atoms with Crippen molar-refractivity contribution in [1.29, 1.82) is 0 Å². The molecule has 1 amide bonds. The molecule has 1 aliphatic heterocycles. The first kappa shape index (κ1) is 23.2. The maximum Gasteiger partial charge on any atom is 0.273 e. The monoisotopic (exact) mass is 403 g/mol. The van der Waals surface area contributed by atoms with Crippen molar-refractivity contribution in [3.05, 3.63) is 33.4 Å². The molecule has 29 heavy (non-hydrogen) atoms. The molecule has 162 valence electrons. The van der Waals surface area contributed by atoms with E-state index in [1.807, 2.05) is 33.8 Å². The Kier molecular flexibility index (Phi) is 8.93. The third-order valence-corrected chi connectivity index (χ3v) is 6.12. The first-order valence-electron chi connectivity index (χ1n) is 11.4. The van der Waals surface area contributed by atoms with Gasteiger partial charge < -0.3 is 10.2 Å². The lowest BCUT2D eigenvalue weighted by atomic mass is 9.93. The van der Waals surface area contributed by atoms with Crippen molar-refractivity contribution in [2.24, 2.45) is 0 Å². The van der Waals surface area contributed by atoms with Gasteiger partial charge in [0.05, 0.1) is 16.2 Å². The van der Waals surface area contributed by atoms with Crippen LogP contribution >= 0.6 is 0 Å². The number of nitrogens with one attached hydrogen (secondary N) is 1. The molecule has 1 atom stereocenters. The summed E-state index contributed by atoms with van der Waals surface area (Å²) in [6, 6.07) is 3.62. The van der Waals surface area contributed by atoms with Gasteiger partial charge in [0, 0.05) is 30.8 Å². The zero-order valence-corrected chi connectivity index (χ0v) is 18.5. The number of rotatable bonds is 6. The van der Waals surface area contributed by atoms with Gasteiger partial charge in [-0.1, -0.05) is 47.0 Å². The summed E-state index contributed by atoms with van der Waals surface area (Å²) in [5, 5.41) is 14.8. The molecule has 6 nitrogen and oxygen atoms in total. The SMILES string of the molecule is CC.CCC(C)c1cc(N2CCCC2)c(C(=O)NC2CCCCC2)cc1[N+](=O)[O-]. The number of benzene rings is 1. The van der Waals surface area contributed by atoms with Crippen molar-refractivity contribution < 1.29 is 9.72 Å². The normalized spacial score (nSPS) is 18.0. The van der Waals surface area contributed by atoms with Crippen molar-refractivity contribution in [2.75, 3.05) is 18.0 Å². The molecule has 2 fully saturated rings. The van der Waals surface area contributed by atoms with E-state index in [9.17, 15) is 14.9 Å². The average Bonchev–Trinajstić information content (AvgIpc) is 3.29. The number of nitro benzene ring substituents is 1. The van der Waals surface area contributed by atoms with Crippen LogP contribution in [0.1, 0.15) is 101 Å². The second kappa shape index (κ2) is 11.2. The van der Waals surface area contributed by atoms with Crippen molar-refractivity contribution >= 4 is 17.3 Å². The lowest BCUT2D eigenvalue weighted by molar-refractivity contribution is -0.385. The molecule has 1 saturated heterocycles. The summed E-state index contributed by atoms with van der Waals surface area (Å²) >= 11 is 0. The van der Waals surface area contributed by atoms with E-state index in [0.717, 1.165) is 69.3 Å². The third-order valence-electron chi connectivity index (χ3n) is 6.12. The Labute approximate surface area is 175 Å². The van der Waals surface area contributed by atoms with Crippen LogP contribution in [-0.4, -0.2) is 30.0 Å². The minimum absolute atomic E-state index is 0.0705.